The number of hydrogen-bond acceptors (Lipinski definition) is 5. The third-order valence-corrected chi connectivity index (χ3v) is 5.53. The summed E-state index contributed by atoms with van der Waals surface area (Å²) < 4.78 is 0. The smallest absolute Gasteiger partial charge is 0.294 e. The largest absolute Gasteiger partial charge is 0.501 e. The average Bonchev–Trinajstić information content (AvgIpc) is 3.26. The van der Waals surface area contributed by atoms with Gasteiger partial charge in [0.05, 0.1) is 10.9 Å². The van der Waals surface area contributed by atoms with Crippen molar-refractivity contribution in [2.24, 2.45) is 5.92 Å². The summed E-state index contributed by atoms with van der Waals surface area (Å²) in [5.41, 5.74) is 1.28. The van der Waals surface area contributed by atoms with Crippen LogP contribution in [-0.4, -0.2) is 21.0 Å². The number of carbonyl (C=O) groups excluding carboxylic acids is 1. The van der Waals surface area contributed by atoms with E-state index < -0.39 is 17.2 Å². The molecule has 6 nitrogen and oxygen atoms in total. The van der Waals surface area contributed by atoms with E-state index in [0.29, 0.717) is 0 Å². The maximum absolute atomic E-state index is 12.8. The quantitative estimate of drug-likeness (QED) is 0.663. The van der Waals surface area contributed by atoms with Crippen LogP contribution in [-0.2, 0) is 6.42 Å². The van der Waals surface area contributed by atoms with Gasteiger partial charge < -0.3 is 15.4 Å². The topological polar surface area (TPSA) is 95.1 Å². The van der Waals surface area contributed by atoms with Crippen molar-refractivity contribution in [1.29, 1.82) is 0 Å². The zero-order valence-electron chi connectivity index (χ0n) is 14.0. The van der Waals surface area contributed by atoms with Crippen LogP contribution in [0.15, 0.2) is 46.6 Å². The summed E-state index contributed by atoms with van der Waals surface area (Å²) in [5.74, 6) is -0.730. The van der Waals surface area contributed by atoms with E-state index in [1.165, 1.54) is 16.9 Å². The number of amides is 1. The van der Waals surface area contributed by atoms with Gasteiger partial charge in [0.25, 0.3) is 11.5 Å². The number of fused-ring (bicyclic) bond motifs is 1. The number of rotatable bonds is 3. The fourth-order valence-corrected chi connectivity index (χ4v) is 4.05. The Kier molecular flexibility index (Phi) is 4.08. The van der Waals surface area contributed by atoms with Crippen molar-refractivity contribution in [3.63, 3.8) is 0 Å². The summed E-state index contributed by atoms with van der Waals surface area (Å²) in [5, 5.41) is 14.8. The number of aromatic hydroxyl groups is 1. The molecule has 132 valence electrons. The zero-order valence-corrected chi connectivity index (χ0v) is 14.8. The number of carbonyl (C=O) groups is 1. The van der Waals surface area contributed by atoms with Crippen molar-refractivity contribution in [3.8, 4) is 16.5 Å². The van der Waals surface area contributed by atoms with E-state index in [4.69, 9.17) is 0 Å². The zero-order chi connectivity index (χ0) is 18.3. The monoisotopic (exact) mass is 367 g/mol. The minimum Gasteiger partial charge on any atom is -0.501 e. The van der Waals surface area contributed by atoms with Gasteiger partial charge in [0.15, 0.2) is 11.5 Å². The number of benzene rings is 1. The van der Waals surface area contributed by atoms with E-state index in [2.05, 4.69) is 28.3 Å². The highest BCUT2D eigenvalue weighted by Crippen LogP contribution is 2.36. The molecule has 0 bridgehead atoms. The second kappa shape index (κ2) is 6.42. The minimum absolute atomic E-state index is 0.177. The van der Waals surface area contributed by atoms with E-state index in [1.807, 2.05) is 29.6 Å². The predicted octanol–water partition coefficient (Wildman–Crippen LogP) is 2.87. The summed E-state index contributed by atoms with van der Waals surface area (Å²) in [6.45, 7) is 2.06. The molecule has 2 heterocycles. The molecule has 0 saturated carbocycles. The van der Waals surface area contributed by atoms with Crippen molar-refractivity contribution >= 4 is 17.2 Å². The van der Waals surface area contributed by atoms with Crippen molar-refractivity contribution < 1.29 is 9.90 Å². The van der Waals surface area contributed by atoms with Gasteiger partial charge in [0, 0.05) is 0 Å². The number of hydrogen-bond donors (Lipinski definition) is 3. The average molecular weight is 367 g/mol. The lowest BCUT2D eigenvalue weighted by atomic mass is 10.0. The maximum atomic E-state index is 12.8. The molecule has 7 heteroatoms. The molecule has 1 aromatic carbocycles. The highest BCUT2D eigenvalue weighted by Gasteiger charge is 2.31. The Morgan fingerprint density at radius 2 is 2.12 bits per heavy atom. The van der Waals surface area contributed by atoms with Crippen LogP contribution in [0.3, 0.4) is 0 Å². The summed E-state index contributed by atoms with van der Waals surface area (Å²) in [4.78, 5) is 32.2. The third-order valence-electron chi connectivity index (χ3n) is 4.65. The van der Waals surface area contributed by atoms with Gasteiger partial charge in [-0.05, 0) is 34.9 Å². The van der Waals surface area contributed by atoms with Gasteiger partial charge in [-0.25, -0.2) is 4.98 Å². The molecule has 1 aliphatic rings. The minimum atomic E-state index is -0.728. The number of nitrogens with zero attached hydrogens (tertiary/aromatic N) is 1. The Morgan fingerprint density at radius 3 is 2.88 bits per heavy atom. The van der Waals surface area contributed by atoms with Crippen molar-refractivity contribution in [2.45, 2.75) is 19.4 Å². The molecule has 26 heavy (non-hydrogen) atoms. The van der Waals surface area contributed by atoms with Crippen LogP contribution in [0.25, 0.3) is 10.7 Å². The molecule has 0 saturated heterocycles. The fourth-order valence-electron chi connectivity index (χ4n) is 3.38. The molecule has 0 fully saturated rings. The molecule has 0 aliphatic heterocycles. The van der Waals surface area contributed by atoms with Gasteiger partial charge in [-0.15, -0.1) is 11.3 Å². The van der Waals surface area contributed by atoms with E-state index in [1.54, 1.807) is 6.07 Å². The van der Waals surface area contributed by atoms with Gasteiger partial charge in [-0.2, -0.15) is 0 Å². The van der Waals surface area contributed by atoms with Crippen LogP contribution in [0.1, 0.15) is 34.6 Å². The van der Waals surface area contributed by atoms with Crippen LogP contribution >= 0.6 is 11.3 Å². The molecule has 0 spiro atoms. The molecule has 3 N–H and O–H groups in total. The SMILES string of the molecule is C[C@H]1Cc2ccccc2[C@H]1NC(=O)c1nc(-c2cccs2)[nH]c(=O)c1O. The second-order valence-electron chi connectivity index (χ2n) is 6.42. The first-order valence-corrected chi connectivity index (χ1v) is 9.18. The van der Waals surface area contributed by atoms with E-state index in [-0.39, 0.29) is 23.5 Å². The highest BCUT2D eigenvalue weighted by atomic mass is 32.1. The Morgan fingerprint density at radius 1 is 1.31 bits per heavy atom. The number of thiophene rings is 1. The lowest BCUT2D eigenvalue weighted by molar-refractivity contribution is 0.0918. The number of H-pyrrole nitrogens is 1. The van der Waals surface area contributed by atoms with E-state index in [9.17, 15) is 14.7 Å². The Labute approximate surface area is 153 Å². The lowest BCUT2D eigenvalue weighted by Crippen LogP contribution is -2.32. The summed E-state index contributed by atoms with van der Waals surface area (Å²) in [6.07, 6.45) is 0.871. The summed E-state index contributed by atoms with van der Waals surface area (Å²) in [7, 11) is 0. The van der Waals surface area contributed by atoms with Gasteiger partial charge in [-0.1, -0.05) is 37.3 Å². The van der Waals surface area contributed by atoms with Crippen LogP contribution in [0.4, 0.5) is 0 Å². The number of aromatic amines is 1. The van der Waals surface area contributed by atoms with Gasteiger partial charge in [0.2, 0.25) is 5.75 Å². The van der Waals surface area contributed by atoms with E-state index in [0.717, 1.165) is 16.9 Å². The second-order valence-corrected chi connectivity index (χ2v) is 7.37. The van der Waals surface area contributed by atoms with Crippen LogP contribution < -0.4 is 10.9 Å². The first-order chi connectivity index (χ1) is 12.5. The normalized spacial score (nSPS) is 18.5. The number of nitrogens with one attached hydrogen (secondary N) is 2. The molecule has 0 unspecified atom stereocenters. The Balaban J connectivity index is 1.68. The van der Waals surface area contributed by atoms with Crippen LogP contribution in [0.5, 0.6) is 5.75 Å². The van der Waals surface area contributed by atoms with Crippen molar-refractivity contribution in [2.75, 3.05) is 0 Å². The molecule has 2 aromatic heterocycles. The molecule has 0 radical (unpaired) electrons. The van der Waals surface area contributed by atoms with Gasteiger partial charge >= 0.3 is 0 Å². The summed E-state index contributed by atoms with van der Waals surface area (Å²) in [6, 6.07) is 11.4. The Bertz CT molecular complexity index is 1030. The van der Waals surface area contributed by atoms with Crippen LogP contribution in [0, 0.1) is 5.92 Å². The third kappa shape index (κ3) is 2.80. The van der Waals surface area contributed by atoms with E-state index >= 15 is 0 Å². The number of aromatic nitrogens is 2. The van der Waals surface area contributed by atoms with Crippen molar-refractivity contribution in [1.82, 2.24) is 15.3 Å². The van der Waals surface area contributed by atoms with Crippen molar-refractivity contribution in [3.05, 3.63) is 69.0 Å². The molecule has 4 rings (SSSR count). The van der Waals surface area contributed by atoms with Crippen LogP contribution in [0.2, 0.25) is 0 Å². The first-order valence-electron chi connectivity index (χ1n) is 8.30. The lowest BCUT2D eigenvalue weighted by Gasteiger charge is -2.19. The molecular weight excluding hydrogens is 350 g/mol. The standard InChI is InChI=1S/C19H17N3O3S/c1-10-9-11-5-2-3-6-12(11)14(10)21-18(24)15-16(23)19(25)22-17(20-15)13-7-4-8-26-13/h2-8,10,14,23H,9H2,1H3,(H,21,24)(H,20,22,25)/t10-,14-/m0/s1. The molecule has 3 aromatic rings. The first kappa shape index (κ1) is 16.5. The highest BCUT2D eigenvalue weighted by molar-refractivity contribution is 7.13. The molecule has 1 amide bonds. The molecule has 2 atom stereocenters. The van der Waals surface area contributed by atoms with Gasteiger partial charge in [0.1, 0.15) is 0 Å². The molecule has 1 aliphatic carbocycles. The fraction of sp³-hybridized carbons (Fsp3) is 0.211. The Hall–Kier alpha value is -2.93. The molecular formula is C19H17N3O3S. The van der Waals surface area contributed by atoms with Gasteiger partial charge in [-0.3, -0.25) is 9.59 Å². The predicted molar refractivity (Wildman–Crippen MR) is 99.4 cm³/mol. The maximum Gasteiger partial charge on any atom is 0.294 e. The summed E-state index contributed by atoms with van der Waals surface area (Å²) >= 11 is 1.39.